The molecule has 0 fully saturated rings. The number of aromatic amines is 1. The average Bonchev–Trinajstić information content (AvgIpc) is 2.53. The monoisotopic (exact) mass is 351 g/mol. The van der Waals surface area contributed by atoms with E-state index in [2.05, 4.69) is 15.0 Å². The Morgan fingerprint density at radius 3 is 2.44 bits per heavy atom. The number of halogens is 3. The van der Waals surface area contributed by atoms with Gasteiger partial charge in [0.15, 0.2) is 11.6 Å². The minimum Gasteiger partial charge on any atom is -0.310 e. The van der Waals surface area contributed by atoms with Gasteiger partial charge in [-0.15, -0.1) is 0 Å². The van der Waals surface area contributed by atoms with Gasteiger partial charge in [-0.3, -0.25) is 9.79 Å². The van der Waals surface area contributed by atoms with E-state index in [4.69, 9.17) is 0 Å². The van der Waals surface area contributed by atoms with E-state index in [1.54, 1.807) is 14.0 Å². The maximum atomic E-state index is 13.8. The summed E-state index contributed by atoms with van der Waals surface area (Å²) in [5, 5.41) is 0. The van der Waals surface area contributed by atoms with E-state index in [0.29, 0.717) is 35.4 Å². The average molecular weight is 351 g/mol. The molecule has 0 aliphatic carbocycles. The van der Waals surface area contributed by atoms with Gasteiger partial charge in [0.25, 0.3) is 5.56 Å². The van der Waals surface area contributed by atoms with Crippen molar-refractivity contribution in [1.29, 1.82) is 0 Å². The number of hydrogen-bond acceptors (Lipinski definition) is 3. The van der Waals surface area contributed by atoms with Gasteiger partial charge in [-0.1, -0.05) is 13.8 Å². The van der Waals surface area contributed by atoms with Crippen LogP contribution < -0.4 is 5.56 Å². The quantitative estimate of drug-likeness (QED) is 0.661. The van der Waals surface area contributed by atoms with Crippen LogP contribution in [0.3, 0.4) is 0 Å². The second-order valence-corrected chi connectivity index (χ2v) is 6.29. The summed E-state index contributed by atoms with van der Waals surface area (Å²) in [6, 6.07) is 1.25. The van der Waals surface area contributed by atoms with Crippen LogP contribution in [0.2, 0.25) is 0 Å². The molecule has 0 saturated carbocycles. The van der Waals surface area contributed by atoms with Crippen molar-refractivity contribution < 1.29 is 13.2 Å². The molecule has 134 valence electrons. The Hall–Kier alpha value is -2.44. The van der Waals surface area contributed by atoms with Crippen molar-refractivity contribution >= 4 is 5.71 Å². The molecule has 0 amide bonds. The lowest BCUT2D eigenvalue weighted by Crippen LogP contribution is -2.22. The molecule has 1 N–H and O–H groups in total. The van der Waals surface area contributed by atoms with Gasteiger partial charge in [0.2, 0.25) is 0 Å². The third-order valence-electron chi connectivity index (χ3n) is 3.79. The number of rotatable bonds is 5. The Morgan fingerprint density at radius 1 is 1.20 bits per heavy atom. The van der Waals surface area contributed by atoms with Crippen LogP contribution in [-0.4, -0.2) is 22.7 Å². The summed E-state index contributed by atoms with van der Waals surface area (Å²) >= 11 is 0. The van der Waals surface area contributed by atoms with Crippen LogP contribution >= 0.6 is 0 Å². The first kappa shape index (κ1) is 18.9. The Bertz CT molecular complexity index is 873. The Morgan fingerprint density at radius 2 is 1.84 bits per heavy atom. The molecule has 1 heterocycles. The summed E-state index contributed by atoms with van der Waals surface area (Å²) in [6.07, 6.45) is 0.469. The van der Waals surface area contributed by atoms with Gasteiger partial charge >= 0.3 is 0 Å². The smallest absolute Gasteiger partial charge is 0.254 e. The zero-order chi connectivity index (χ0) is 18.7. The Balaban J connectivity index is 2.47. The summed E-state index contributed by atoms with van der Waals surface area (Å²) < 4.78 is 40.2. The molecule has 4 nitrogen and oxygen atoms in total. The predicted octanol–water partition coefficient (Wildman–Crippen LogP) is 3.55. The van der Waals surface area contributed by atoms with Crippen molar-refractivity contribution in [2.45, 2.75) is 33.6 Å². The first-order valence-corrected chi connectivity index (χ1v) is 7.92. The van der Waals surface area contributed by atoms with Crippen LogP contribution in [0.5, 0.6) is 0 Å². The summed E-state index contributed by atoms with van der Waals surface area (Å²) in [5.74, 6) is -2.83. The van der Waals surface area contributed by atoms with E-state index in [1.807, 2.05) is 13.8 Å². The number of nitrogens with one attached hydrogen (secondary N) is 1. The largest absolute Gasteiger partial charge is 0.310 e. The zero-order valence-electron chi connectivity index (χ0n) is 14.6. The zero-order valence-corrected chi connectivity index (χ0v) is 14.6. The second-order valence-electron chi connectivity index (χ2n) is 6.29. The summed E-state index contributed by atoms with van der Waals surface area (Å²) in [7, 11) is 1.62. The third-order valence-corrected chi connectivity index (χ3v) is 3.79. The Kier molecular flexibility index (Phi) is 5.77. The van der Waals surface area contributed by atoms with E-state index >= 15 is 0 Å². The Labute approximate surface area is 143 Å². The normalized spacial score (nSPS) is 12.1. The molecule has 1 aromatic heterocycles. The lowest BCUT2D eigenvalue weighted by atomic mass is 10.0. The molecule has 0 aliphatic heterocycles. The van der Waals surface area contributed by atoms with Crippen molar-refractivity contribution in [3.63, 3.8) is 0 Å². The van der Waals surface area contributed by atoms with Gasteiger partial charge in [0.1, 0.15) is 11.6 Å². The van der Waals surface area contributed by atoms with Crippen LogP contribution in [0.4, 0.5) is 13.2 Å². The lowest BCUT2D eigenvalue weighted by molar-refractivity contribution is 0.490. The lowest BCUT2D eigenvalue weighted by Gasteiger charge is -2.12. The molecular weight excluding hydrogens is 331 g/mol. The fraction of sp³-hybridized carbons (Fsp3) is 0.389. The molecule has 0 saturated heterocycles. The first-order chi connectivity index (χ1) is 11.7. The van der Waals surface area contributed by atoms with Gasteiger partial charge in [-0.2, -0.15) is 0 Å². The fourth-order valence-electron chi connectivity index (χ4n) is 2.50. The topological polar surface area (TPSA) is 58.1 Å². The van der Waals surface area contributed by atoms with Crippen molar-refractivity contribution in [2.75, 3.05) is 7.05 Å². The van der Waals surface area contributed by atoms with E-state index in [0.717, 1.165) is 6.07 Å². The molecule has 0 unspecified atom stereocenters. The fourth-order valence-corrected chi connectivity index (χ4v) is 2.50. The molecule has 7 heteroatoms. The molecular formula is C18H20F3N3O. The molecule has 0 radical (unpaired) electrons. The molecule has 1 aromatic carbocycles. The van der Waals surface area contributed by atoms with Gasteiger partial charge < -0.3 is 4.98 Å². The van der Waals surface area contributed by atoms with E-state index in [1.165, 1.54) is 0 Å². The predicted molar refractivity (Wildman–Crippen MR) is 90.6 cm³/mol. The molecule has 0 aliphatic rings. The summed E-state index contributed by atoms with van der Waals surface area (Å²) in [4.78, 5) is 23.3. The number of nitrogens with zero attached hydrogens (tertiary/aromatic N) is 2. The van der Waals surface area contributed by atoms with Crippen LogP contribution in [-0.2, 0) is 6.42 Å². The van der Waals surface area contributed by atoms with Crippen LogP contribution in [0.25, 0.3) is 0 Å². The van der Waals surface area contributed by atoms with Gasteiger partial charge in [0.05, 0.1) is 11.4 Å². The highest BCUT2D eigenvalue weighted by atomic mass is 19.2. The maximum absolute atomic E-state index is 13.8. The highest BCUT2D eigenvalue weighted by molar-refractivity contribution is 6.00. The SMILES string of the molecule is CN=C(CC(C)C)c1nc(Cc2cc(F)c(F)cc2F)[nH]c(=O)c1C. The molecule has 0 bridgehead atoms. The minimum absolute atomic E-state index is 0.0873. The maximum Gasteiger partial charge on any atom is 0.254 e. The van der Waals surface area contributed by atoms with Crippen molar-refractivity contribution in [1.82, 2.24) is 9.97 Å². The second kappa shape index (κ2) is 7.63. The first-order valence-electron chi connectivity index (χ1n) is 7.92. The number of benzene rings is 1. The van der Waals surface area contributed by atoms with Crippen LogP contribution in [0.1, 0.15) is 42.9 Å². The van der Waals surface area contributed by atoms with Crippen molar-refractivity contribution in [3.05, 3.63) is 62.6 Å². The van der Waals surface area contributed by atoms with E-state index < -0.39 is 17.5 Å². The summed E-state index contributed by atoms with van der Waals surface area (Å²) in [6.45, 7) is 5.67. The number of aliphatic imine (C=N–C) groups is 1. The van der Waals surface area contributed by atoms with Gasteiger partial charge in [-0.25, -0.2) is 18.2 Å². The highest BCUT2D eigenvalue weighted by Gasteiger charge is 2.16. The van der Waals surface area contributed by atoms with E-state index in [9.17, 15) is 18.0 Å². The molecule has 0 spiro atoms. The van der Waals surface area contributed by atoms with Gasteiger partial charge in [-0.05, 0) is 30.9 Å². The number of hydrogen-bond donors (Lipinski definition) is 1. The molecule has 0 atom stereocenters. The standard InChI is InChI=1S/C18H20F3N3O/c1-9(2)5-15(22-4)17-10(3)18(25)24-16(23-17)7-11-6-13(20)14(21)8-12(11)19/h6,8-9H,5,7H2,1-4H3,(H,23,24,25). The molecule has 2 aromatic rings. The van der Waals surface area contributed by atoms with Crippen LogP contribution in [0, 0.1) is 30.3 Å². The van der Waals surface area contributed by atoms with Crippen molar-refractivity contribution in [2.24, 2.45) is 10.9 Å². The van der Waals surface area contributed by atoms with Gasteiger partial charge in [0, 0.05) is 25.1 Å². The number of aromatic nitrogens is 2. The molecule has 25 heavy (non-hydrogen) atoms. The van der Waals surface area contributed by atoms with Crippen molar-refractivity contribution in [3.8, 4) is 0 Å². The highest BCUT2D eigenvalue weighted by Crippen LogP contribution is 2.17. The third kappa shape index (κ3) is 4.35. The minimum atomic E-state index is -1.26. The molecule has 2 rings (SSSR count). The van der Waals surface area contributed by atoms with E-state index in [-0.39, 0.29) is 23.4 Å². The number of H-pyrrole nitrogens is 1. The van der Waals surface area contributed by atoms with Crippen LogP contribution in [0.15, 0.2) is 21.9 Å². The summed E-state index contributed by atoms with van der Waals surface area (Å²) in [5.41, 5.74) is 1.07.